The van der Waals surface area contributed by atoms with Gasteiger partial charge in [-0.05, 0) is 49.1 Å². The Balaban J connectivity index is 1.50. The van der Waals surface area contributed by atoms with Crippen molar-refractivity contribution in [3.05, 3.63) is 70.7 Å². The molecule has 0 bridgehead atoms. The topological polar surface area (TPSA) is 60.9 Å². The number of carbonyl (C=O) groups is 3. The third-order valence-electron chi connectivity index (χ3n) is 7.31. The lowest BCUT2D eigenvalue weighted by Crippen LogP contribution is -2.53. The van der Waals surface area contributed by atoms with Gasteiger partial charge in [0.25, 0.3) is 5.91 Å². The van der Waals surface area contributed by atoms with E-state index in [1.807, 2.05) is 39.9 Å². The lowest BCUT2D eigenvalue weighted by molar-refractivity contribution is -0.141. The molecule has 6 nitrogen and oxygen atoms in total. The van der Waals surface area contributed by atoms with Crippen molar-refractivity contribution in [1.29, 1.82) is 0 Å². The quantitative estimate of drug-likeness (QED) is 0.661. The molecule has 2 saturated heterocycles. The number of amides is 3. The molecule has 0 aliphatic carbocycles. The first-order valence-corrected chi connectivity index (χ1v) is 12.3. The molecule has 3 amide bonds. The van der Waals surface area contributed by atoms with Crippen molar-refractivity contribution in [2.75, 3.05) is 33.2 Å². The fourth-order valence-electron chi connectivity index (χ4n) is 5.28. The average Bonchev–Trinajstić information content (AvgIpc) is 2.88. The second-order valence-electron chi connectivity index (χ2n) is 9.36. The average molecular weight is 482 g/mol. The monoisotopic (exact) mass is 481 g/mol. The zero-order valence-electron chi connectivity index (χ0n) is 19.8. The molecular weight excluding hydrogens is 450 g/mol. The van der Waals surface area contributed by atoms with Crippen LogP contribution in [0.25, 0.3) is 0 Å². The molecule has 2 atom stereocenters. The van der Waals surface area contributed by atoms with Crippen LogP contribution in [0.4, 0.5) is 0 Å². The predicted octanol–water partition coefficient (Wildman–Crippen LogP) is 4.06. The maximum Gasteiger partial charge on any atom is 0.253 e. The normalized spacial score (nSPS) is 21.3. The molecule has 2 aliphatic rings. The molecule has 0 radical (unpaired) electrons. The number of hydrogen-bond acceptors (Lipinski definition) is 3. The Bertz CT molecular complexity index is 1020. The van der Waals surface area contributed by atoms with Crippen LogP contribution in [-0.2, 0) is 9.59 Å². The van der Waals surface area contributed by atoms with E-state index >= 15 is 0 Å². The van der Waals surface area contributed by atoms with E-state index in [4.69, 9.17) is 11.6 Å². The van der Waals surface area contributed by atoms with Crippen molar-refractivity contribution < 1.29 is 14.4 Å². The summed E-state index contributed by atoms with van der Waals surface area (Å²) < 4.78 is 0. The molecule has 2 heterocycles. The molecule has 0 saturated carbocycles. The highest BCUT2D eigenvalue weighted by Crippen LogP contribution is 2.33. The third kappa shape index (κ3) is 5.27. The number of carbonyl (C=O) groups excluding carboxylic acids is 3. The van der Waals surface area contributed by atoms with Gasteiger partial charge in [0.05, 0.1) is 0 Å². The summed E-state index contributed by atoms with van der Waals surface area (Å²) in [5.74, 6) is 0.187. The van der Waals surface area contributed by atoms with Crippen molar-refractivity contribution >= 4 is 29.3 Å². The second kappa shape index (κ2) is 10.6. The van der Waals surface area contributed by atoms with Gasteiger partial charge in [0.15, 0.2) is 0 Å². The molecule has 0 N–H and O–H groups in total. The number of likely N-dealkylation sites (tertiary alicyclic amines) is 2. The Hall–Kier alpha value is -2.86. The van der Waals surface area contributed by atoms with Crippen LogP contribution in [0, 0.1) is 5.92 Å². The summed E-state index contributed by atoms with van der Waals surface area (Å²) >= 11 is 6.00. The highest BCUT2D eigenvalue weighted by Gasteiger charge is 2.38. The molecule has 0 spiro atoms. The lowest BCUT2D eigenvalue weighted by Gasteiger charge is -2.44. The van der Waals surface area contributed by atoms with Gasteiger partial charge < -0.3 is 14.7 Å². The van der Waals surface area contributed by atoms with E-state index in [0.29, 0.717) is 56.0 Å². The van der Waals surface area contributed by atoms with Crippen molar-refractivity contribution in [1.82, 2.24) is 14.7 Å². The minimum absolute atomic E-state index is 0.0193. The zero-order valence-corrected chi connectivity index (χ0v) is 20.6. The molecule has 0 aromatic heterocycles. The van der Waals surface area contributed by atoms with Gasteiger partial charge in [-0.3, -0.25) is 14.4 Å². The number of benzene rings is 2. The molecular formula is C27H32ClN3O3. The number of halogens is 1. The standard InChI is InChI=1S/C27H32ClN3O3/c1-19(32)30-15-12-22(13-16-30)27(34)31-17-14-25(24(18-31)20-6-4-3-5-7-20)29(2)26(33)21-8-10-23(28)11-9-21/h3-11,22,24-25H,12-18H2,1-2H3/t24-,25+/m0/s1. The van der Waals surface area contributed by atoms with E-state index in [1.54, 1.807) is 31.2 Å². The predicted molar refractivity (Wildman–Crippen MR) is 133 cm³/mol. The van der Waals surface area contributed by atoms with Gasteiger partial charge in [-0.25, -0.2) is 0 Å². The minimum Gasteiger partial charge on any atom is -0.343 e. The molecule has 7 heteroatoms. The van der Waals surface area contributed by atoms with Crippen LogP contribution in [0.1, 0.15) is 48.0 Å². The summed E-state index contributed by atoms with van der Waals surface area (Å²) in [7, 11) is 1.85. The van der Waals surface area contributed by atoms with Gasteiger partial charge in [0.2, 0.25) is 11.8 Å². The minimum atomic E-state index is -0.0444. The fraction of sp³-hybridized carbons (Fsp3) is 0.444. The van der Waals surface area contributed by atoms with Gasteiger partial charge in [0.1, 0.15) is 0 Å². The first-order chi connectivity index (χ1) is 16.3. The maximum atomic E-state index is 13.4. The van der Waals surface area contributed by atoms with E-state index < -0.39 is 0 Å². The van der Waals surface area contributed by atoms with Gasteiger partial charge in [-0.2, -0.15) is 0 Å². The van der Waals surface area contributed by atoms with Crippen molar-refractivity contribution in [2.45, 2.75) is 38.1 Å². The number of likely N-dealkylation sites (N-methyl/N-ethyl adjacent to an activating group) is 1. The molecule has 4 rings (SSSR count). The molecule has 180 valence electrons. The molecule has 2 aromatic rings. The number of rotatable bonds is 4. The zero-order chi connectivity index (χ0) is 24.2. The van der Waals surface area contributed by atoms with E-state index in [1.165, 1.54) is 0 Å². The molecule has 2 aliphatic heterocycles. The molecule has 0 unspecified atom stereocenters. The Labute approximate surface area is 206 Å². The molecule has 2 fully saturated rings. The summed E-state index contributed by atoms with van der Waals surface area (Å²) in [5, 5.41) is 0.599. The summed E-state index contributed by atoms with van der Waals surface area (Å²) in [6.07, 6.45) is 2.14. The third-order valence-corrected chi connectivity index (χ3v) is 7.57. The largest absolute Gasteiger partial charge is 0.343 e. The van der Waals surface area contributed by atoms with E-state index in [0.717, 1.165) is 5.56 Å². The number of hydrogen-bond donors (Lipinski definition) is 0. The Morgan fingerprint density at radius 2 is 1.50 bits per heavy atom. The van der Waals surface area contributed by atoms with Gasteiger partial charge in [0, 0.05) is 68.6 Å². The second-order valence-corrected chi connectivity index (χ2v) is 9.80. The molecule has 2 aromatic carbocycles. The van der Waals surface area contributed by atoms with Crippen LogP contribution in [0.15, 0.2) is 54.6 Å². The Morgan fingerprint density at radius 3 is 2.12 bits per heavy atom. The van der Waals surface area contributed by atoms with E-state index in [2.05, 4.69) is 12.1 Å². The highest BCUT2D eigenvalue weighted by atomic mass is 35.5. The van der Waals surface area contributed by atoms with Crippen LogP contribution in [0.3, 0.4) is 0 Å². The Kier molecular flexibility index (Phi) is 7.57. The van der Waals surface area contributed by atoms with Crippen molar-refractivity contribution in [3.8, 4) is 0 Å². The number of nitrogens with zero attached hydrogens (tertiary/aromatic N) is 3. The van der Waals surface area contributed by atoms with Gasteiger partial charge >= 0.3 is 0 Å². The van der Waals surface area contributed by atoms with Crippen LogP contribution >= 0.6 is 11.6 Å². The van der Waals surface area contributed by atoms with Crippen LogP contribution in [-0.4, -0.2) is 71.7 Å². The maximum absolute atomic E-state index is 13.4. The smallest absolute Gasteiger partial charge is 0.253 e. The van der Waals surface area contributed by atoms with Gasteiger partial charge in [-0.1, -0.05) is 41.9 Å². The van der Waals surface area contributed by atoms with E-state index in [9.17, 15) is 14.4 Å². The van der Waals surface area contributed by atoms with E-state index in [-0.39, 0.29) is 35.6 Å². The number of piperidine rings is 2. The van der Waals surface area contributed by atoms with Crippen molar-refractivity contribution in [2.24, 2.45) is 5.92 Å². The van der Waals surface area contributed by atoms with Crippen LogP contribution < -0.4 is 0 Å². The SMILES string of the molecule is CC(=O)N1CCC(C(=O)N2CC[C@@H](N(C)C(=O)c3ccc(Cl)cc3)[C@H](c3ccccc3)C2)CC1. The van der Waals surface area contributed by atoms with Crippen LogP contribution in [0.2, 0.25) is 5.02 Å². The first kappa shape index (κ1) is 24.3. The highest BCUT2D eigenvalue weighted by molar-refractivity contribution is 6.30. The fourth-order valence-corrected chi connectivity index (χ4v) is 5.40. The lowest BCUT2D eigenvalue weighted by atomic mass is 9.83. The summed E-state index contributed by atoms with van der Waals surface area (Å²) in [5.41, 5.74) is 1.74. The summed E-state index contributed by atoms with van der Waals surface area (Å²) in [6.45, 7) is 4.07. The first-order valence-electron chi connectivity index (χ1n) is 12.0. The van der Waals surface area contributed by atoms with Gasteiger partial charge in [-0.15, -0.1) is 0 Å². The Morgan fingerprint density at radius 1 is 0.882 bits per heavy atom. The summed E-state index contributed by atoms with van der Waals surface area (Å²) in [4.78, 5) is 43.9. The van der Waals surface area contributed by atoms with Crippen molar-refractivity contribution in [3.63, 3.8) is 0 Å². The van der Waals surface area contributed by atoms with Crippen LogP contribution in [0.5, 0.6) is 0 Å². The molecule has 34 heavy (non-hydrogen) atoms. The summed E-state index contributed by atoms with van der Waals surface area (Å²) in [6, 6.07) is 17.1.